The molecule has 6 heteroatoms. The van der Waals surface area contributed by atoms with Crippen LogP contribution in [0.4, 0.5) is 0 Å². The molecule has 5 nitrogen and oxygen atoms in total. The number of fused-ring (bicyclic) bond motifs is 4. The predicted octanol–water partition coefficient (Wildman–Crippen LogP) is 8.66. The van der Waals surface area contributed by atoms with Crippen LogP contribution in [-0.2, 0) is 26.6 Å². The van der Waals surface area contributed by atoms with E-state index in [9.17, 15) is 0 Å². The number of aryl methyl sites for hydroxylation is 1. The van der Waals surface area contributed by atoms with Crippen molar-refractivity contribution in [3.05, 3.63) is 121 Å². The standard InChI is InChI=1S/C35H29N4O.Pt/c1-24-18-19-36-34(20-24)39-30-13-6-5-12-28(30)29-17-16-27(22-33(29)39)40-26-11-9-10-25(21-26)37-23-38(35(2,3)4)32-15-8-7-14-31(32)37;/h5-20,23H,1-4H3;/q-1;/i1D3;. The third-order valence-electron chi connectivity index (χ3n) is 7.12. The quantitative estimate of drug-likeness (QED) is 0.171. The number of ether oxygens (including phenoxy) is 1. The summed E-state index contributed by atoms with van der Waals surface area (Å²) in [7, 11) is 0. The summed E-state index contributed by atoms with van der Waals surface area (Å²) in [5, 5.41) is 1.98. The molecule has 0 saturated heterocycles. The van der Waals surface area contributed by atoms with Crippen LogP contribution in [0.2, 0.25) is 0 Å². The predicted molar refractivity (Wildman–Crippen MR) is 162 cm³/mol. The van der Waals surface area contributed by atoms with E-state index in [-0.39, 0.29) is 32.2 Å². The van der Waals surface area contributed by atoms with Crippen molar-refractivity contribution >= 4 is 32.8 Å². The Balaban J connectivity index is 0.00000343. The molecule has 7 rings (SSSR count). The van der Waals surface area contributed by atoms with Gasteiger partial charge in [0, 0.05) is 66.2 Å². The first kappa shape index (κ1) is 23.5. The molecule has 0 bridgehead atoms. The minimum atomic E-state index is -2.24. The fourth-order valence-electron chi connectivity index (χ4n) is 5.31. The van der Waals surface area contributed by atoms with Gasteiger partial charge >= 0.3 is 0 Å². The molecule has 0 aliphatic rings. The molecule has 0 amide bonds. The van der Waals surface area contributed by atoms with Crippen LogP contribution in [-0.4, -0.2) is 18.7 Å². The van der Waals surface area contributed by atoms with Gasteiger partial charge < -0.3 is 9.30 Å². The second kappa shape index (κ2) is 10.3. The zero-order chi connectivity index (χ0) is 29.9. The van der Waals surface area contributed by atoms with E-state index >= 15 is 0 Å². The third-order valence-corrected chi connectivity index (χ3v) is 7.12. The Bertz CT molecular complexity index is 2160. The van der Waals surface area contributed by atoms with Crippen molar-refractivity contribution in [2.75, 3.05) is 0 Å². The van der Waals surface area contributed by atoms with Crippen LogP contribution < -0.4 is 4.74 Å². The van der Waals surface area contributed by atoms with Crippen LogP contribution in [0.5, 0.6) is 11.5 Å². The van der Waals surface area contributed by atoms with Gasteiger partial charge in [-0.3, -0.25) is 0 Å². The van der Waals surface area contributed by atoms with E-state index in [0.29, 0.717) is 17.3 Å². The molecule has 0 unspecified atom stereocenters. The van der Waals surface area contributed by atoms with Crippen molar-refractivity contribution in [3.63, 3.8) is 0 Å². The van der Waals surface area contributed by atoms with Gasteiger partial charge in [-0.05, 0) is 68.9 Å². The van der Waals surface area contributed by atoms with Crippen LogP contribution in [0.1, 0.15) is 30.4 Å². The first-order chi connectivity index (χ1) is 20.6. The molecule has 0 aliphatic carbocycles. The number of benzene rings is 4. The van der Waals surface area contributed by atoms with Gasteiger partial charge in [-0.15, -0.1) is 29.7 Å². The maximum absolute atomic E-state index is 7.90. The molecule has 0 radical (unpaired) electrons. The van der Waals surface area contributed by atoms with Gasteiger partial charge in [0.2, 0.25) is 0 Å². The molecule has 0 saturated carbocycles. The molecule has 0 spiro atoms. The topological polar surface area (TPSA) is 36.9 Å². The van der Waals surface area contributed by atoms with E-state index in [1.54, 1.807) is 6.07 Å². The number of rotatable bonds is 4. The van der Waals surface area contributed by atoms with E-state index in [1.165, 1.54) is 12.3 Å². The number of aromatic nitrogens is 4. The molecule has 3 heterocycles. The van der Waals surface area contributed by atoms with Gasteiger partial charge in [-0.2, -0.15) is 12.1 Å². The molecule has 206 valence electrons. The smallest absolute Gasteiger partial charge is 0.188 e. The zero-order valence-corrected chi connectivity index (χ0v) is 25.1. The summed E-state index contributed by atoms with van der Waals surface area (Å²) in [6.45, 7) is 4.32. The molecule has 3 aromatic heterocycles. The first-order valence-corrected chi connectivity index (χ1v) is 13.2. The summed E-state index contributed by atoms with van der Waals surface area (Å²) < 4.78 is 36.4. The van der Waals surface area contributed by atoms with Crippen molar-refractivity contribution in [2.24, 2.45) is 0 Å². The fourth-order valence-corrected chi connectivity index (χ4v) is 5.31. The Morgan fingerprint density at radius 1 is 0.805 bits per heavy atom. The van der Waals surface area contributed by atoms with Gasteiger partial charge in [0.1, 0.15) is 5.82 Å². The number of pyridine rings is 1. The fraction of sp³-hybridized carbons (Fsp3) is 0.143. The summed E-state index contributed by atoms with van der Waals surface area (Å²) in [6.07, 6.45) is 3.64. The van der Waals surface area contributed by atoms with Gasteiger partial charge in [0.15, 0.2) is 17.4 Å². The molecular formula is C35H29N4OPt-. The van der Waals surface area contributed by atoms with Gasteiger partial charge in [0.05, 0.1) is 5.54 Å². The summed E-state index contributed by atoms with van der Waals surface area (Å²) in [4.78, 5) is 4.54. The summed E-state index contributed by atoms with van der Waals surface area (Å²) in [5.41, 5.74) is 4.85. The van der Waals surface area contributed by atoms with Crippen molar-refractivity contribution in [3.8, 4) is 23.0 Å². The van der Waals surface area contributed by atoms with E-state index in [1.807, 2.05) is 65.2 Å². The van der Waals surface area contributed by atoms with Crippen molar-refractivity contribution in [1.29, 1.82) is 0 Å². The largest absolute Gasteiger partial charge is 0.508 e. The minimum absolute atomic E-state index is 0. The van der Waals surface area contributed by atoms with E-state index in [0.717, 1.165) is 38.5 Å². The van der Waals surface area contributed by atoms with Crippen molar-refractivity contribution < 1.29 is 29.9 Å². The van der Waals surface area contributed by atoms with Crippen LogP contribution in [0.25, 0.3) is 44.3 Å². The monoisotopic (exact) mass is 719 g/mol. The normalized spacial score (nSPS) is 13.1. The molecule has 41 heavy (non-hydrogen) atoms. The second-order valence-electron chi connectivity index (χ2n) is 10.9. The maximum atomic E-state index is 7.90. The van der Waals surface area contributed by atoms with E-state index < -0.39 is 6.85 Å². The van der Waals surface area contributed by atoms with Gasteiger partial charge in [-0.25, -0.2) is 14.1 Å². The van der Waals surface area contributed by atoms with Crippen LogP contribution in [0.3, 0.4) is 0 Å². The molecule has 0 fully saturated rings. The minimum Gasteiger partial charge on any atom is -0.508 e. The van der Waals surface area contributed by atoms with Gasteiger partial charge in [-0.1, -0.05) is 29.8 Å². The van der Waals surface area contributed by atoms with Crippen LogP contribution in [0.15, 0.2) is 104 Å². The van der Waals surface area contributed by atoms with E-state index in [4.69, 9.17) is 8.85 Å². The van der Waals surface area contributed by atoms with E-state index in [2.05, 4.69) is 71.5 Å². The summed E-state index contributed by atoms with van der Waals surface area (Å²) >= 11 is 0. The Hall–Kier alpha value is -4.21. The number of imidazole rings is 1. The van der Waals surface area contributed by atoms with Crippen LogP contribution in [0, 0.1) is 19.0 Å². The zero-order valence-electron chi connectivity index (χ0n) is 25.8. The van der Waals surface area contributed by atoms with Crippen LogP contribution >= 0.6 is 0 Å². The number of hydrogen-bond acceptors (Lipinski definition) is 2. The average Bonchev–Trinajstić information content (AvgIpc) is 3.53. The Morgan fingerprint density at radius 3 is 2.37 bits per heavy atom. The Labute approximate surface area is 258 Å². The molecule has 0 N–H and O–H groups in total. The van der Waals surface area contributed by atoms with Crippen molar-refractivity contribution in [2.45, 2.75) is 33.2 Å². The first-order valence-electron chi connectivity index (χ1n) is 14.7. The summed E-state index contributed by atoms with van der Waals surface area (Å²) in [6, 6.07) is 36.1. The summed E-state index contributed by atoms with van der Waals surface area (Å²) in [5.74, 6) is 1.57. The number of hydrogen-bond donors (Lipinski definition) is 0. The average molecular weight is 720 g/mol. The second-order valence-corrected chi connectivity index (χ2v) is 10.9. The SMILES string of the molecule is [2H]C([2H])([2H])c1ccnc(-n2c3[c-]c(Oc4[c-]c(-n5[cH+]n(C(C)(C)C)c6ccccc65)ccc4)ccc3c3ccccc32)c1.[Pt]. The van der Waals surface area contributed by atoms with Crippen molar-refractivity contribution in [1.82, 2.24) is 18.7 Å². The number of para-hydroxylation sites is 3. The third kappa shape index (κ3) is 4.75. The number of nitrogens with zero attached hydrogens (tertiary/aromatic N) is 4. The maximum Gasteiger partial charge on any atom is 0.188 e. The Morgan fingerprint density at radius 2 is 1.56 bits per heavy atom. The molecule has 0 aliphatic heterocycles. The molecule has 7 aromatic rings. The van der Waals surface area contributed by atoms with Gasteiger partial charge in [0.25, 0.3) is 0 Å². The Kier molecular flexibility index (Phi) is 5.91. The molecular weight excluding hydrogens is 687 g/mol. The molecule has 4 aromatic carbocycles. The molecule has 0 atom stereocenters.